The lowest BCUT2D eigenvalue weighted by Gasteiger charge is -2.18. The second-order valence-corrected chi connectivity index (χ2v) is 8.78. The lowest BCUT2D eigenvalue weighted by molar-refractivity contribution is 0.301. The maximum atomic E-state index is 11.3. The van der Waals surface area contributed by atoms with Gasteiger partial charge in [0.2, 0.25) is 16.0 Å². The molecule has 0 unspecified atom stereocenters. The van der Waals surface area contributed by atoms with E-state index in [2.05, 4.69) is 24.9 Å². The van der Waals surface area contributed by atoms with E-state index < -0.39 is 10.0 Å². The number of benzene rings is 1. The summed E-state index contributed by atoms with van der Waals surface area (Å²) >= 11 is 5.60. The topological polar surface area (TPSA) is 143 Å². The van der Waals surface area contributed by atoms with Gasteiger partial charge >= 0.3 is 0 Å². The number of sulfonamides is 1. The van der Waals surface area contributed by atoms with E-state index in [-0.39, 0.29) is 36.5 Å². The number of nitrogens with zero attached hydrogens (tertiary/aromatic N) is 6. The molecule has 13 heteroatoms. The molecule has 1 aromatic carbocycles. The van der Waals surface area contributed by atoms with Gasteiger partial charge in [0.15, 0.2) is 5.82 Å². The van der Waals surface area contributed by atoms with Gasteiger partial charge in [-0.1, -0.05) is 0 Å². The van der Waals surface area contributed by atoms with Crippen LogP contribution in [0.5, 0.6) is 11.6 Å². The summed E-state index contributed by atoms with van der Waals surface area (Å²) in [6.45, 7) is 0.350. The van der Waals surface area contributed by atoms with E-state index in [9.17, 15) is 13.7 Å². The fourth-order valence-corrected chi connectivity index (χ4v) is 3.11. The summed E-state index contributed by atoms with van der Waals surface area (Å²) < 4.78 is 35.9. The summed E-state index contributed by atoms with van der Waals surface area (Å²) in [5.74, 6) is 1.44. The molecular weight excluding hydrogens is 470 g/mol. The predicted molar refractivity (Wildman–Crippen MR) is 122 cm³/mol. The Balaban J connectivity index is 1.66. The van der Waals surface area contributed by atoms with Crippen molar-refractivity contribution in [3.05, 3.63) is 53.9 Å². The van der Waals surface area contributed by atoms with Crippen LogP contribution in [0.3, 0.4) is 0 Å². The second-order valence-electron chi connectivity index (χ2n) is 6.66. The summed E-state index contributed by atoms with van der Waals surface area (Å²) in [6, 6.07) is 12.4. The van der Waals surface area contributed by atoms with Crippen molar-refractivity contribution in [1.82, 2.24) is 20.2 Å². The number of rotatable bonds is 10. The first kappa shape index (κ1) is 24.0. The fraction of sp³-hybridized carbons (Fsp3) is 0.250. The molecule has 33 heavy (non-hydrogen) atoms. The largest absolute Gasteiger partial charge is 0.487 e. The molecule has 0 saturated heterocycles. The Kier molecular flexibility index (Phi) is 7.81. The van der Waals surface area contributed by atoms with Crippen LogP contribution < -0.4 is 19.1 Å². The Hall–Kier alpha value is -3.69. The van der Waals surface area contributed by atoms with E-state index in [1.54, 1.807) is 36.2 Å². The molecule has 0 atom stereocenters. The molecule has 0 radical (unpaired) electrons. The van der Waals surface area contributed by atoms with Crippen molar-refractivity contribution in [2.75, 3.05) is 35.4 Å². The van der Waals surface area contributed by atoms with Gasteiger partial charge in [0.25, 0.3) is 5.88 Å². The Morgan fingerprint density at radius 2 is 1.94 bits per heavy atom. The minimum absolute atomic E-state index is 0.0208. The molecule has 0 amide bonds. The third-order valence-corrected chi connectivity index (χ3v) is 4.84. The van der Waals surface area contributed by atoms with Crippen LogP contribution in [0.15, 0.2) is 42.6 Å². The molecule has 2 aromatic heterocycles. The predicted octanol–water partition coefficient (Wildman–Crippen LogP) is 2.47. The first-order valence-corrected chi connectivity index (χ1v) is 11.9. The number of nitrogens with one attached hydrogen (secondary N) is 1. The van der Waals surface area contributed by atoms with Crippen molar-refractivity contribution >= 4 is 39.1 Å². The molecule has 0 bridgehead atoms. The zero-order valence-corrected chi connectivity index (χ0v) is 19.3. The summed E-state index contributed by atoms with van der Waals surface area (Å²) in [4.78, 5) is 9.73. The number of halogens is 1. The van der Waals surface area contributed by atoms with Gasteiger partial charge in [-0.2, -0.15) is 5.26 Å². The Bertz CT molecular complexity index is 1250. The number of aromatic nitrogens is 4. The normalized spacial score (nSPS) is 10.8. The average Bonchev–Trinajstić information content (AvgIpc) is 2.80. The molecule has 0 fully saturated rings. The highest BCUT2D eigenvalue weighted by atomic mass is 35.5. The Morgan fingerprint density at radius 1 is 1.18 bits per heavy atom. The highest BCUT2D eigenvalue weighted by Gasteiger charge is 2.13. The highest BCUT2D eigenvalue weighted by molar-refractivity contribution is 7.91. The Morgan fingerprint density at radius 3 is 2.61 bits per heavy atom. The van der Waals surface area contributed by atoms with Gasteiger partial charge in [0.1, 0.15) is 30.6 Å². The summed E-state index contributed by atoms with van der Waals surface area (Å²) in [5.41, 5.74) is 1.55. The molecule has 0 aliphatic heterocycles. The lowest BCUT2D eigenvalue weighted by atomic mass is 10.2. The molecule has 0 spiro atoms. The number of nitriles is 1. The van der Waals surface area contributed by atoms with Gasteiger partial charge in [0, 0.05) is 25.0 Å². The second kappa shape index (κ2) is 10.8. The van der Waals surface area contributed by atoms with Crippen molar-refractivity contribution in [3.63, 3.8) is 0 Å². The number of alkyl halides is 1. The van der Waals surface area contributed by atoms with E-state index in [0.29, 0.717) is 17.3 Å². The number of anilines is 3. The minimum Gasteiger partial charge on any atom is -0.487 e. The van der Waals surface area contributed by atoms with Crippen LogP contribution in [0, 0.1) is 11.3 Å². The molecule has 172 valence electrons. The van der Waals surface area contributed by atoms with E-state index in [1.807, 2.05) is 18.2 Å². The number of hydrogen-bond acceptors (Lipinski definition) is 10. The molecule has 2 heterocycles. The molecule has 0 aliphatic carbocycles. The third kappa shape index (κ3) is 6.90. The summed E-state index contributed by atoms with van der Waals surface area (Å²) in [5, 5.41) is 17.4. The molecule has 11 nitrogen and oxygen atoms in total. The highest BCUT2D eigenvalue weighted by Crippen LogP contribution is 2.26. The maximum Gasteiger partial charge on any atom is 0.251 e. The molecule has 3 rings (SSSR count). The molecule has 1 N–H and O–H groups in total. The minimum atomic E-state index is -3.47. The number of ether oxygens (including phenoxy) is 2. The van der Waals surface area contributed by atoms with Crippen LogP contribution in [-0.4, -0.2) is 54.4 Å². The average molecular weight is 490 g/mol. The van der Waals surface area contributed by atoms with E-state index in [1.165, 1.54) is 6.20 Å². The SMILES string of the molecule is CN(c1ccc(OCc2ccnc(NS(C)(=O)=O)n2)cc1)c1cc(C#N)c(OCCCl)nn1. The van der Waals surface area contributed by atoms with Crippen LogP contribution in [0.2, 0.25) is 0 Å². The number of hydrogen-bond donors (Lipinski definition) is 1. The van der Waals surface area contributed by atoms with Crippen LogP contribution in [-0.2, 0) is 16.6 Å². The van der Waals surface area contributed by atoms with Gasteiger partial charge in [-0.3, -0.25) is 4.72 Å². The quantitative estimate of drug-likeness (QED) is 0.421. The Labute approximate surface area is 196 Å². The van der Waals surface area contributed by atoms with Crippen molar-refractivity contribution in [2.24, 2.45) is 0 Å². The van der Waals surface area contributed by atoms with Crippen LogP contribution in [0.4, 0.5) is 17.5 Å². The van der Waals surface area contributed by atoms with Crippen molar-refractivity contribution in [1.29, 1.82) is 5.26 Å². The fourth-order valence-electron chi connectivity index (χ4n) is 2.60. The zero-order valence-electron chi connectivity index (χ0n) is 17.8. The standard InChI is InChI=1S/C20H20ClN7O4S/c1-28(18-11-14(12-22)19(26-25-18)31-10-8-21)16-3-5-17(6-4-16)32-13-15-7-9-23-20(24-15)27-33(2,29)30/h3-7,9,11H,8,10,13H2,1-2H3,(H,23,24,27). The van der Waals surface area contributed by atoms with E-state index in [0.717, 1.165) is 11.9 Å². The zero-order chi connectivity index (χ0) is 23.8. The molecule has 0 aliphatic rings. The van der Waals surface area contributed by atoms with Gasteiger partial charge in [-0.05, 0) is 30.3 Å². The van der Waals surface area contributed by atoms with Crippen molar-refractivity contribution in [3.8, 4) is 17.7 Å². The smallest absolute Gasteiger partial charge is 0.251 e. The maximum absolute atomic E-state index is 11.3. The van der Waals surface area contributed by atoms with Crippen molar-refractivity contribution < 1.29 is 17.9 Å². The lowest BCUT2D eigenvalue weighted by Crippen LogP contribution is -2.13. The molecular formula is C20H20ClN7O4S. The summed E-state index contributed by atoms with van der Waals surface area (Å²) in [7, 11) is -1.68. The van der Waals surface area contributed by atoms with Crippen LogP contribution >= 0.6 is 11.6 Å². The van der Waals surface area contributed by atoms with Gasteiger partial charge in [-0.25, -0.2) is 18.4 Å². The monoisotopic (exact) mass is 489 g/mol. The first-order valence-electron chi connectivity index (χ1n) is 9.52. The van der Waals surface area contributed by atoms with Crippen LogP contribution in [0.1, 0.15) is 11.3 Å². The van der Waals surface area contributed by atoms with Crippen molar-refractivity contribution in [2.45, 2.75) is 6.61 Å². The van der Waals surface area contributed by atoms with Gasteiger partial charge in [0.05, 0.1) is 17.8 Å². The van der Waals surface area contributed by atoms with Crippen LogP contribution in [0.25, 0.3) is 0 Å². The third-order valence-electron chi connectivity index (χ3n) is 4.13. The van der Waals surface area contributed by atoms with Gasteiger partial charge < -0.3 is 14.4 Å². The van der Waals surface area contributed by atoms with Gasteiger partial charge in [-0.15, -0.1) is 21.8 Å². The van der Waals surface area contributed by atoms with E-state index in [4.69, 9.17) is 21.1 Å². The first-order chi connectivity index (χ1) is 15.8. The summed E-state index contributed by atoms with van der Waals surface area (Å²) in [6.07, 6.45) is 2.47. The van der Waals surface area contributed by atoms with E-state index >= 15 is 0 Å². The molecule has 3 aromatic rings. The molecule has 0 saturated carbocycles.